The van der Waals surface area contributed by atoms with Crippen molar-refractivity contribution < 1.29 is 4.79 Å². The van der Waals surface area contributed by atoms with Crippen LogP contribution < -0.4 is 16.8 Å². The van der Waals surface area contributed by atoms with Crippen LogP contribution in [0, 0.1) is 0 Å². The van der Waals surface area contributed by atoms with E-state index in [-0.39, 0.29) is 11.1 Å². The van der Waals surface area contributed by atoms with Gasteiger partial charge in [-0.1, -0.05) is 13.0 Å². The summed E-state index contributed by atoms with van der Waals surface area (Å²) in [7, 11) is 0. The highest BCUT2D eigenvalue weighted by molar-refractivity contribution is 7.13. The fraction of sp³-hybridized carbons (Fsp3) is 0.231. The van der Waals surface area contributed by atoms with E-state index in [0.717, 1.165) is 17.0 Å². The van der Waals surface area contributed by atoms with Crippen LogP contribution in [0.4, 0.5) is 0 Å². The summed E-state index contributed by atoms with van der Waals surface area (Å²) in [5.74, 6) is 4.52. The van der Waals surface area contributed by atoms with E-state index in [4.69, 9.17) is 5.84 Å². The Morgan fingerprint density at radius 3 is 2.79 bits per heavy atom. The van der Waals surface area contributed by atoms with Gasteiger partial charge in [0, 0.05) is 6.54 Å². The second-order valence-electron chi connectivity index (χ2n) is 4.04. The summed E-state index contributed by atoms with van der Waals surface area (Å²) in [6, 6.07) is 7.19. The number of aromatic nitrogens is 1. The largest absolute Gasteiger partial charge is 0.307 e. The molecule has 0 aliphatic rings. The zero-order chi connectivity index (χ0) is 13.8. The SMILES string of the molecule is CCCn1c(-c2cccs2)ccc(C(=O)NN)c1=O. The van der Waals surface area contributed by atoms with Gasteiger partial charge in [-0.3, -0.25) is 15.0 Å². The lowest BCUT2D eigenvalue weighted by Gasteiger charge is -2.12. The summed E-state index contributed by atoms with van der Waals surface area (Å²) in [5.41, 5.74) is 2.58. The first-order valence-electron chi connectivity index (χ1n) is 5.97. The van der Waals surface area contributed by atoms with Gasteiger partial charge < -0.3 is 4.57 Å². The van der Waals surface area contributed by atoms with E-state index in [1.807, 2.05) is 29.9 Å². The smallest absolute Gasteiger partial charge is 0.270 e. The number of amides is 1. The maximum absolute atomic E-state index is 12.3. The molecule has 0 spiro atoms. The number of hydrogen-bond acceptors (Lipinski definition) is 4. The molecule has 0 atom stereocenters. The number of carbonyl (C=O) groups excluding carboxylic acids is 1. The fourth-order valence-corrected chi connectivity index (χ4v) is 2.67. The molecule has 0 unspecified atom stereocenters. The Bertz CT molecular complexity index is 632. The van der Waals surface area contributed by atoms with Gasteiger partial charge in [-0.05, 0) is 30.0 Å². The third-order valence-corrected chi connectivity index (χ3v) is 3.66. The number of hydrazine groups is 1. The molecule has 0 radical (unpaired) electrons. The van der Waals surface area contributed by atoms with E-state index in [0.29, 0.717) is 6.54 Å². The molecular formula is C13H15N3O2S. The predicted octanol–water partition coefficient (Wildman–Crippen LogP) is 1.59. The third kappa shape index (κ3) is 2.59. The summed E-state index contributed by atoms with van der Waals surface area (Å²) in [5, 5.41) is 1.95. The summed E-state index contributed by atoms with van der Waals surface area (Å²) >= 11 is 1.56. The van der Waals surface area contributed by atoms with Gasteiger partial charge in [-0.15, -0.1) is 11.3 Å². The summed E-state index contributed by atoms with van der Waals surface area (Å²) < 4.78 is 1.62. The van der Waals surface area contributed by atoms with Gasteiger partial charge in [0.15, 0.2) is 0 Å². The second-order valence-corrected chi connectivity index (χ2v) is 4.99. The lowest BCUT2D eigenvalue weighted by molar-refractivity contribution is 0.0951. The second kappa shape index (κ2) is 5.81. The zero-order valence-corrected chi connectivity index (χ0v) is 11.4. The Hall–Kier alpha value is -1.92. The Morgan fingerprint density at radius 1 is 1.42 bits per heavy atom. The molecule has 0 bridgehead atoms. The van der Waals surface area contributed by atoms with E-state index >= 15 is 0 Å². The number of carbonyl (C=O) groups is 1. The fourth-order valence-electron chi connectivity index (χ4n) is 1.91. The summed E-state index contributed by atoms with van der Waals surface area (Å²) in [6.45, 7) is 2.55. The van der Waals surface area contributed by atoms with Crippen LogP contribution >= 0.6 is 11.3 Å². The molecule has 0 saturated carbocycles. The number of rotatable bonds is 4. The third-order valence-electron chi connectivity index (χ3n) is 2.77. The molecule has 100 valence electrons. The molecular weight excluding hydrogens is 262 g/mol. The van der Waals surface area contributed by atoms with E-state index in [2.05, 4.69) is 0 Å². The molecule has 5 nitrogen and oxygen atoms in total. The number of nitrogen functional groups attached to an aromatic ring is 1. The van der Waals surface area contributed by atoms with Crippen molar-refractivity contribution in [2.75, 3.05) is 0 Å². The van der Waals surface area contributed by atoms with E-state index in [1.165, 1.54) is 6.07 Å². The van der Waals surface area contributed by atoms with Crippen LogP contribution in [0.2, 0.25) is 0 Å². The molecule has 0 aliphatic heterocycles. The average molecular weight is 277 g/mol. The predicted molar refractivity (Wildman–Crippen MR) is 76.0 cm³/mol. The van der Waals surface area contributed by atoms with E-state index in [1.54, 1.807) is 22.0 Å². The molecule has 2 heterocycles. The average Bonchev–Trinajstić information content (AvgIpc) is 2.94. The Balaban J connectivity index is 2.61. The van der Waals surface area contributed by atoms with Crippen molar-refractivity contribution in [3.8, 4) is 10.6 Å². The van der Waals surface area contributed by atoms with Crippen molar-refractivity contribution in [3.05, 3.63) is 45.6 Å². The molecule has 0 aliphatic carbocycles. The first kappa shape index (κ1) is 13.5. The number of hydrogen-bond donors (Lipinski definition) is 2. The van der Waals surface area contributed by atoms with Gasteiger partial charge in [-0.2, -0.15) is 0 Å². The molecule has 2 rings (SSSR count). The molecule has 2 aromatic rings. The van der Waals surface area contributed by atoms with Gasteiger partial charge in [0.25, 0.3) is 11.5 Å². The van der Waals surface area contributed by atoms with Crippen LogP contribution in [0.5, 0.6) is 0 Å². The Labute approximate surface area is 114 Å². The molecule has 6 heteroatoms. The van der Waals surface area contributed by atoms with Crippen molar-refractivity contribution in [1.29, 1.82) is 0 Å². The van der Waals surface area contributed by atoms with Crippen molar-refractivity contribution in [2.45, 2.75) is 19.9 Å². The van der Waals surface area contributed by atoms with Crippen LogP contribution in [0.1, 0.15) is 23.7 Å². The topological polar surface area (TPSA) is 77.1 Å². The van der Waals surface area contributed by atoms with Gasteiger partial charge in [0.05, 0.1) is 10.6 Å². The maximum Gasteiger partial charge on any atom is 0.270 e. The monoisotopic (exact) mass is 277 g/mol. The van der Waals surface area contributed by atoms with Gasteiger partial charge in [0.1, 0.15) is 5.56 Å². The Morgan fingerprint density at radius 2 is 2.21 bits per heavy atom. The molecule has 3 N–H and O–H groups in total. The van der Waals surface area contributed by atoms with Crippen LogP contribution in [0.15, 0.2) is 34.4 Å². The number of thiophene rings is 1. The molecule has 0 aromatic carbocycles. The normalized spacial score (nSPS) is 10.4. The zero-order valence-electron chi connectivity index (χ0n) is 10.6. The van der Waals surface area contributed by atoms with E-state index in [9.17, 15) is 9.59 Å². The molecule has 1 amide bonds. The highest BCUT2D eigenvalue weighted by Gasteiger charge is 2.15. The molecule has 19 heavy (non-hydrogen) atoms. The van der Waals surface area contributed by atoms with Gasteiger partial charge in [-0.25, -0.2) is 5.84 Å². The van der Waals surface area contributed by atoms with E-state index < -0.39 is 5.91 Å². The number of nitrogens with one attached hydrogen (secondary N) is 1. The first-order valence-corrected chi connectivity index (χ1v) is 6.85. The quantitative estimate of drug-likeness (QED) is 0.506. The van der Waals surface area contributed by atoms with Crippen LogP contribution in [0.25, 0.3) is 10.6 Å². The molecule has 2 aromatic heterocycles. The molecule has 0 fully saturated rings. The van der Waals surface area contributed by atoms with Crippen molar-refractivity contribution in [3.63, 3.8) is 0 Å². The lowest BCUT2D eigenvalue weighted by atomic mass is 10.2. The van der Waals surface area contributed by atoms with Crippen LogP contribution in [-0.4, -0.2) is 10.5 Å². The highest BCUT2D eigenvalue weighted by Crippen LogP contribution is 2.23. The van der Waals surface area contributed by atoms with Crippen LogP contribution in [-0.2, 0) is 6.54 Å². The number of nitrogens with two attached hydrogens (primary N) is 1. The number of nitrogens with zero attached hydrogens (tertiary/aromatic N) is 1. The Kier molecular flexibility index (Phi) is 4.13. The van der Waals surface area contributed by atoms with Crippen molar-refractivity contribution >= 4 is 17.2 Å². The summed E-state index contributed by atoms with van der Waals surface area (Å²) in [6.07, 6.45) is 0.811. The minimum atomic E-state index is -0.562. The van der Waals surface area contributed by atoms with Gasteiger partial charge >= 0.3 is 0 Å². The van der Waals surface area contributed by atoms with Crippen LogP contribution in [0.3, 0.4) is 0 Å². The van der Waals surface area contributed by atoms with Crippen molar-refractivity contribution in [1.82, 2.24) is 9.99 Å². The molecule has 0 saturated heterocycles. The first-order chi connectivity index (χ1) is 9.19. The standard InChI is InChI=1S/C13H15N3O2S/c1-2-7-16-10(11-4-3-8-19-11)6-5-9(13(16)18)12(17)15-14/h3-6,8H,2,7,14H2,1H3,(H,15,17). The highest BCUT2D eigenvalue weighted by atomic mass is 32.1. The minimum Gasteiger partial charge on any atom is -0.307 e. The lowest BCUT2D eigenvalue weighted by Crippen LogP contribution is -2.36. The maximum atomic E-state index is 12.3. The minimum absolute atomic E-state index is 0.0660. The van der Waals surface area contributed by atoms with Gasteiger partial charge in [0.2, 0.25) is 0 Å². The van der Waals surface area contributed by atoms with Crippen molar-refractivity contribution in [2.24, 2.45) is 5.84 Å². The number of pyridine rings is 1. The summed E-state index contributed by atoms with van der Waals surface area (Å²) in [4.78, 5) is 24.9.